The zero-order chi connectivity index (χ0) is 15.4. The molecule has 0 spiro atoms. The van der Waals surface area contributed by atoms with Crippen molar-refractivity contribution in [3.05, 3.63) is 24.0 Å². The van der Waals surface area contributed by atoms with Gasteiger partial charge in [-0.2, -0.15) is 0 Å². The SMILES string of the molecule is CCCNc1ccc(C(=O)N2CC(C)N(C)C(C)C2)nc1. The molecule has 21 heavy (non-hydrogen) atoms. The van der Waals surface area contributed by atoms with Gasteiger partial charge in [0, 0.05) is 31.7 Å². The lowest BCUT2D eigenvalue weighted by molar-refractivity contribution is 0.0409. The molecule has 1 saturated heterocycles. The largest absolute Gasteiger partial charge is 0.384 e. The zero-order valence-electron chi connectivity index (χ0n) is 13.5. The van der Waals surface area contributed by atoms with Gasteiger partial charge >= 0.3 is 0 Å². The number of aromatic nitrogens is 1. The van der Waals surface area contributed by atoms with Crippen LogP contribution in [-0.4, -0.2) is 59.5 Å². The third kappa shape index (κ3) is 3.73. The van der Waals surface area contributed by atoms with Crippen LogP contribution in [0.1, 0.15) is 37.7 Å². The fourth-order valence-electron chi connectivity index (χ4n) is 2.63. The molecule has 2 rings (SSSR count). The number of nitrogens with one attached hydrogen (secondary N) is 1. The van der Waals surface area contributed by atoms with Gasteiger partial charge in [-0.15, -0.1) is 0 Å². The van der Waals surface area contributed by atoms with E-state index in [1.54, 1.807) is 6.20 Å². The summed E-state index contributed by atoms with van der Waals surface area (Å²) in [5.74, 6) is 0.0313. The molecule has 1 aromatic heterocycles. The number of carbonyl (C=O) groups is 1. The van der Waals surface area contributed by atoms with Crippen molar-refractivity contribution in [1.82, 2.24) is 14.8 Å². The summed E-state index contributed by atoms with van der Waals surface area (Å²) in [4.78, 5) is 21.1. The Labute approximate surface area is 127 Å². The first kappa shape index (κ1) is 15.8. The fourth-order valence-corrected chi connectivity index (χ4v) is 2.63. The molecule has 0 aromatic carbocycles. The fraction of sp³-hybridized carbons (Fsp3) is 0.625. The number of pyridine rings is 1. The highest BCUT2D eigenvalue weighted by Crippen LogP contribution is 2.16. The molecule has 2 heterocycles. The number of anilines is 1. The van der Waals surface area contributed by atoms with E-state index in [4.69, 9.17) is 0 Å². The molecule has 1 fully saturated rings. The Balaban J connectivity index is 2.02. The number of nitrogens with zero attached hydrogens (tertiary/aromatic N) is 3. The second-order valence-corrected chi connectivity index (χ2v) is 5.93. The summed E-state index contributed by atoms with van der Waals surface area (Å²) < 4.78 is 0. The van der Waals surface area contributed by atoms with Crippen molar-refractivity contribution in [3.8, 4) is 0 Å². The van der Waals surface area contributed by atoms with Crippen LogP contribution in [0.3, 0.4) is 0 Å². The molecule has 116 valence electrons. The third-order valence-corrected chi connectivity index (χ3v) is 4.21. The van der Waals surface area contributed by atoms with E-state index in [-0.39, 0.29) is 5.91 Å². The van der Waals surface area contributed by atoms with Crippen LogP contribution in [0, 0.1) is 0 Å². The molecule has 1 aliphatic heterocycles. The molecule has 0 bridgehead atoms. The van der Waals surface area contributed by atoms with Crippen LogP contribution >= 0.6 is 0 Å². The molecule has 1 amide bonds. The summed E-state index contributed by atoms with van der Waals surface area (Å²) in [6.45, 7) is 8.87. The van der Waals surface area contributed by atoms with Crippen LogP contribution in [0.4, 0.5) is 5.69 Å². The molecule has 2 unspecified atom stereocenters. The number of piperazine rings is 1. The van der Waals surface area contributed by atoms with Crippen LogP contribution < -0.4 is 5.32 Å². The molecule has 0 aliphatic carbocycles. The standard InChI is InChI=1S/C16H26N4O/c1-5-8-17-14-6-7-15(18-9-14)16(21)20-10-12(2)19(4)13(3)11-20/h6-7,9,12-13,17H,5,8,10-11H2,1-4H3. The number of carbonyl (C=O) groups excluding carboxylic acids is 1. The molecule has 2 atom stereocenters. The molecular weight excluding hydrogens is 264 g/mol. The van der Waals surface area contributed by atoms with E-state index in [9.17, 15) is 4.79 Å². The van der Waals surface area contributed by atoms with Gasteiger partial charge in [-0.3, -0.25) is 9.69 Å². The zero-order valence-corrected chi connectivity index (χ0v) is 13.5. The summed E-state index contributed by atoms with van der Waals surface area (Å²) in [6.07, 6.45) is 2.81. The Bertz CT molecular complexity index is 462. The third-order valence-electron chi connectivity index (χ3n) is 4.21. The van der Waals surface area contributed by atoms with E-state index in [1.807, 2.05) is 17.0 Å². The lowest BCUT2D eigenvalue weighted by Gasteiger charge is -2.42. The van der Waals surface area contributed by atoms with E-state index in [1.165, 1.54) is 0 Å². The minimum atomic E-state index is 0.0313. The monoisotopic (exact) mass is 290 g/mol. The highest BCUT2D eigenvalue weighted by atomic mass is 16.2. The quantitative estimate of drug-likeness (QED) is 0.922. The highest BCUT2D eigenvalue weighted by Gasteiger charge is 2.30. The van der Waals surface area contributed by atoms with Crippen LogP contribution in [0.25, 0.3) is 0 Å². The van der Waals surface area contributed by atoms with Gasteiger partial charge in [-0.1, -0.05) is 6.92 Å². The second-order valence-electron chi connectivity index (χ2n) is 5.93. The maximum absolute atomic E-state index is 12.5. The first-order valence-electron chi connectivity index (χ1n) is 7.74. The number of likely N-dealkylation sites (N-methyl/N-ethyl adjacent to an activating group) is 1. The van der Waals surface area contributed by atoms with Crippen molar-refractivity contribution in [2.75, 3.05) is 32.0 Å². The van der Waals surface area contributed by atoms with Crippen molar-refractivity contribution >= 4 is 11.6 Å². The van der Waals surface area contributed by atoms with Gasteiger partial charge < -0.3 is 10.2 Å². The van der Waals surface area contributed by atoms with Crippen LogP contribution in [0.5, 0.6) is 0 Å². The van der Waals surface area contributed by atoms with Gasteiger partial charge in [0.1, 0.15) is 5.69 Å². The van der Waals surface area contributed by atoms with Crippen LogP contribution in [0.2, 0.25) is 0 Å². The van der Waals surface area contributed by atoms with E-state index in [2.05, 4.69) is 43.0 Å². The summed E-state index contributed by atoms with van der Waals surface area (Å²) in [5.41, 5.74) is 1.49. The molecule has 0 saturated carbocycles. The van der Waals surface area contributed by atoms with E-state index in [0.717, 1.165) is 31.7 Å². The average molecular weight is 290 g/mol. The first-order chi connectivity index (χ1) is 10.0. The van der Waals surface area contributed by atoms with Crippen LogP contribution in [0.15, 0.2) is 18.3 Å². The van der Waals surface area contributed by atoms with Gasteiger partial charge in [-0.25, -0.2) is 4.98 Å². The normalized spacial score (nSPS) is 23.1. The van der Waals surface area contributed by atoms with Gasteiger partial charge in [0.05, 0.1) is 11.9 Å². The van der Waals surface area contributed by atoms with Crippen molar-refractivity contribution in [1.29, 1.82) is 0 Å². The first-order valence-corrected chi connectivity index (χ1v) is 7.74. The Morgan fingerprint density at radius 1 is 1.33 bits per heavy atom. The maximum Gasteiger partial charge on any atom is 0.272 e. The summed E-state index contributed by atoms with van der Waals surface area (Å²) >= 11 is 0. The molecule has 1 N–H and O–H groups in total. The minimum absolute atomic E-state index is 0.0313. The summed E-state index contributed by atoms with van der Waals surface area (Å²) in [6, 6.07) is 4.50. The summed E-state index contributed by atoms with van der Waals surface area (Å²) in [5, 5.41) is 3.27. The van der Waals surface area contributed by atoms with Gasteiger partial charge in [0.15, 0.2) is 0 Å². The van der Waals surface area contributed by atoms with Gasteiger partial charge in [0.2, 0.25) is 0 Å². The minimum Gasteiger partial charge on any atom is -0.384 e. The predicted molar refractivity (Wildman–Crippen MR) is 85.6 cm³/mol. The predicted octanol–water partition coefficient (Wildman–Crippen LogP) is 2.07. The van der Waals surface area contributed by atoms with E-state index < -0.39 is 0 Å². The Kier molecular flexibility index (Phi) is 5.17. The van der Waals surface area contributed by atoms with Crippen molar-refractivity contribution in [3.63, 3.8) is 0 Å². The van der Waals surface area contributed by atoms with Crippen molar-refractivity contribution < 1.29 is 4.79 Å². The van der Waals surface area contributed by atoms with Gasteiger partial charge in [-0.05, 0) is 39.4 Å². The molecule has 0 radical (unpaired) electrons. The van der Waals surface area contributed by atoms with Crippen molar-refractivity contribution in [2.45, 2.75) is 39.3 Å². The molecule has 1 aliphatic rings. The lowest BCUT2D eigenvalue weighted by Crippen LogP contribution is -2.56. The molecular formula is C16H26N4O. The van der Waals surface area contributed by atoms with E-state index >= 15 is 0 Å². The van der Waals surface area contributed by atoms with Gasteiger partial charge in [0.25, 0.3) is 5.91 Å². The lowest BCUT2D eigenvalue weighted by atomic mass is 10.1. The Morgan fingerprint density at radius 3 is 2.52 bits per heavy atom. The summed E-state index contributed by atoms with van der Waals surface area (Å²) in [7, 11) is 2.11. The van der Waals surface area contributed by atoms with E-state index in [0.29, 0.717) is 17.8 Å². The molecule has 5 nitrogen and oxygen atoms in total. The second kappa shape index (κ2) is 6.89. The maximum atomic E-state index is 12.5. The topological polar surface area (TPSA) is 48.5 Å². The smallest absolute Gasteiger partial charge is 0.272 e. The number of rotatable bonds is 4. The number of amides is 1. The number of hydrogen-bond donors (Lipinski definition) is 1. The average Bonchev–Trinajstić information content (AvgIpc) is 2.50. The molecule has 5 heteroatoms. The Morgan fingerprint density at radius 2 is 2.00 bits per heavy atom. The highest BCUT2D eigenvalue weighted by molar-refractivity contribution is 5.92. The van der Waals surface area contributed by atoms with Crippen molar-refractivity contribution in [2.24, 2.45) is 0 Å². The number of hydrogen-bond acceptors (Lipinski definition) is 4. The Hall–Kier alpha value is -1.62. The molecule has 1 aromatic rings. The van der Waals surface area contributed by atoms with Crippen LogP contribution in [-0.2, 0) is 0 Å².